The lowest BCUT2D eigenvalue weighted by Crippen LogP contribution is -2.37. The van der Waals surface area contributed by atoms with Crippen molar-refractivity contribution < 1.29 is 8.42 Å². The molecule has 104 valence electrons. The number of rotatable bonds is 10. The predicted octanol–water partition coefficient (Wildman–Crippen LogP) is 2.62. The number of hydrogen-bond donors (Lipinski definition) is 1. The van der Waals surface area contributed by atoms with E-state index in [9.17, 15) is 8.42 Å². The van der Waals surface area contributed by atoms with Gasteiger partial charge in [-0.15, -0.1) is 0 Å². The molecule has 2 atom stereocenters. The Morgan fingerprint density at radius 2 is 1.71 bits per heavy atom. The maximum absolute atomic E-state index is 12.0. The highest BCUT2D eigenvalue weighted by Gasteiger charge is 2.20. The van der Waals surface area contributed by atoms with E-state index in [4.69, 9.17) is 0 Å². The summed E-state index contributed by atoms with van der Waals surface area (Å²) in [6.07, 6.45) is 3.95. The molecular weight excluding hydrogens is 234 g/mol. The SMILES string of the molecule is CCCNC(CCC)CS(=O)(=O)CC(C)CC. The van der Waals surface area contributed by atoms with Gasteiger partial charge in [0.05, 0.1) is 11.5 Å². The zero-order valence-electron chi connectivity index (χ0n) is 11.8. The summed E-state index contributed by atoms with van der Waals surface area (Å²) in [6.45, 7) is 9.15. The Morgan fingerprint density at radius 1 is 1.06 bits per heavy atom. The van der Waals surface area contributed by atoms with E-state index in [1.54, 1.807) is 0 Å². The monoisotopic (exact) mass is 263 g/mol. The summed E-state index contributed by atoms with van der Waals surface area (Å²) in [6, 6.07) is 0.133. The second-order valence-corrected chi connectivity index (χ2v) is 7.18. The van der Waals surface area contributed by atoms with Crippen LogP contribution >= 0.6 is 0 Å². The van der Waals surface area contributed by atoms with Gasteiger partial charge in [0.25, 0.3) is 0 Å². The maximum atomic E-state index is 12.0. The van der Waals surface area contributed by atoms with Gasteiger partial charge in [0.15, 0.2) is 9.84 Å². The van der Waals surface area contributed by atoms with Gasteiger partial charge in [-0.2, -0.15) is 0 Å². The highest BCUT2D eigenvalue weighted by Crippen LogP contribution is 2.09. The van der Waals surface area contributed by atoms with Gasteiger partial charge in [0, 0.05) is 6.04 Å². The molecule has 0 fully saturated rings. The molecule has 0 spiro atoms. The first-order valence-electron chi connectivity index (χ1n) is 6.88. The molecule has 4 heteroatoms. The second-order valence-electron chi connectivity index (χ2n) is 5.03. The number of hydrogen-bond acceptors (Lipinski definition) is 3. The van der Waals surface area contributed by atoms with Crippen molar-refractivity contribution in [2.24, 2.45) is 5.92 Å². The highest BCUT2D eigenvalue weighted by molar-refractivity contribution is 7.91. The third-order valence-electron chi connectivity index (χ3n) is 3.01. The summed E-state index contributed by atoms with van der Waals surface area (Å²) in [7, 11) is -2.91. The van der Waals surface area contributed by atoms with Crippen LogP contribution in [0.2, 0.25) is 0 Å². The van der Waals surface area contributed by atoms with E-state index in [1.165, 1.54) is 0 Å². The van der Waals surface area contributed by atoms with Gasteiger partial charge < -0.3 is 5.32 Å². The van der Waals surface area contributed by atoms with Crippen LogP contribution in [0.4, 0.5) is 0 Å². The first-order chi connectivity index (χ1) is 7.95. The fourth-order valence-corrected chi connectivity index (χ4v) is 4.00. The Labute approximate surface area is 107 Å². The summed E-state index contributed by atoms with van der Waals surface area (Å²) in [5.41, 5.74) is 0. The van der Waals surface area contributed by atoms with E-state index in [0.29, 0.717) is 11.5 Å². The molecule has 17 heavy (non-hydrogen) atoms. The molecule has 0 saturated heterocycles. The summed E-state index contributed by atoms with van der Waals surface area (Å²) >= 11 is 0. The molecule has 0 radical (unpaired) electrons. The highest BCUT2D eigenvalue weighted by atomic mass is 32.2. The molecule has 0 aliphatic rings. The van der Waals surface area contributed by atoms with Gasteiger partial charge in [0.2, 0.25) is 0 Å². The molecule has 0 amide bonds. The lowest BCUT2D eigenvalue weighted by atomic mass is 10.2. The van der Waals surface area contributed by atoms with Crippen LogP contribution in [0, 0.1) is 5.92 Å². The average molecular weight is 263 g/mol. The molecule has 0 rings (SSSR count). The van der Waals surface area contributed by atoms with Crippen molar-refractivity contribution in [3.8, 4) is 0 Å². The van der Waals surface area contributed by atoms with E-state index in [-0.39, 0.29) is 12.0 Å². The molecule has 0 aliphatic heterocycles. The Bertz CT molecular complexity index is 275. The zero-order valence-corrected chi connectivity index (χ0v) is 12.6. The molecule has 0 aliphatic carbocycles. The van der Waals surface area contributed by atoms with Crippen LogP contribution in [0.1, 0.15) is 53.4 Å². The smallest absolute Gasteiger partial charge is 0.152 e. The third kappa shape index (κ3) is 8.61. The third-order valence-corrected chi connectivity index (χ3v) is 5.00. The predicted molar refractivity (Wildman–Crippen MR) is 75.1 cm³/mol. The van der Waals surface area contributed by atoms with E-state index in [1.807, 2.05) is 13.8 Å². The van der Waals surface area contributed by atoms with Gasteiger partial charge in [-0.3, -0.25) is 0 Å². The lowest BCUT2D eigenvalue weighted by Gasteiger charge is -2.19. The van der Waals surface area contributed by atoms with Crippen molar-refractivity contribution >= 4 is 9.84 Å². The van der Waals surface area contributed by atoms with Gasteiger partial charge in [-0.05, 0) is 25.3 Å². The van der Waals surface area contributed by atoms with Gasteiger partial charge >= 0.3 is 0 Å². The fraction of sp³-hybridized carbons (Fsp3) is 1.00. The Balaban J connectivity index is 4.30. The molecule has 3 nitrogen and oxygen atoms in total. The molecule has 0 aromatic carbocycles. The molecule has 0 heterocycles. The zero-order chi connectivity index (χ0) is 13.3. The minimum absolute atomic E-state index is 0.133. The van der Waals surface area contributed by atoms with Gasteiger partial charge in [-0.25, -0.2) is 8.42 Å². The van der Waals surface area contributed by atoms with Crippen LogP contribution in [0.25, 0.3) is 0 Å². The molecule has 0 aromatic rings. The Morgan fingerprint density at radius 3 is 2.18 bits per heavy atom. The van der Waals surface area contributed by atoms with Crippen LogP contribution in [0.3, 0.4) is 0 Å². The topological polar surface area (TPSA) is 46.2 Å². The van der Waals surface area contributed by atoms with E-state index in [0.717, 1.165) is 32.2 Å². The van der Waals surface area contributed by atoms with Crippen molar-refractivity contribution in [1.82, 2.24) is 5.32 Å². The Hall–Kier alpha value is -0.0900. The fourth-order valence-electron chi connectivity index (χ4n) is 1.87. The molecule has 0 aromatic heterocycles. The van der Waals surface area contributed by atoms with Gasteiger partial charge in [0.1, 0.15) is 0 Å². The quantitative estimate of drug-likeness (QED) is 0.659. The van der Waals surface area contributed by atoms with Crippen LogP contribution in [-0.4, -0.2) is 32.5 Å². The van der Waals surface area contributed by atoms with Crippen LogP contribution in [0.15, 0.2) is 0 Å². The van der Waals surface area contributed by atoms with Crippen molar-refractivity contribution in [2.75, 3.05) is 18.1 Å². The summed E-state index contributed by atoms with van der Waals surface area (Å²) < 4.78 is 24.0. The van der Waals surface area contributed by atoms with Crippen molar-refractivity contribution in [3.05, 3.63) is 0 Å². The average Bonchev–Trinajstić information content (AvgIpc) is 2.25. The molecule has 0 bridgehead atoms. The maximum Gasteiger partial charge on any atom is 0.152 e. The van der Waals surface area contributed by atoms with Gasteiger partial charge in [-0.1, -0.05) is 40.5 Å². The minimum atomic E-state index is -2.91. The normalized spacial score (nSPS) is 15.8. The van der Waals surface area contributed by atoms with Crippen molar-refractivity contribution in [3.63, 3.8) is 0 Å². The first kappa shape index (κ1) is 16.9. The lowest BCUT2D eigenvalue weighted by molar-refractivity contribution is 0.495. The van der Waals surface area contributed by atoms with Crippen LogP contribution in [-0.2, 0) is 9.84 Å². The van der Waals surface area contributed by atoms with Crippen LogP contribution < -0.4 is 5.32 Å². The van der Waals surface area contributed by atoms with E-state index >= 15 is 0 Å². The largest absolute Gasteiger partial charge is 0.313 e. The van der Waals surface area contributed by atoms with Crippen molar-refractivity contribution in [1.29, 1.82) is 0 Å². The Kier molecular flexibility index (Phi) is 8.88. The molecule has 1 N–H and O–H groups in total. The standard InChI is InChI=1S/C13H29NO2S/c1-5-8-13(14-9-6-2)11-17(15,16)10-12(4)7-3/h12-14H,5-11H2,1-4H3. The molecule has 0 saturated carbocycles. The first-order valence-corrected chi connectivity index (χ1v) is 8.71. The van der Waals surface area contributed by atoms with E-state index < -0.39 is 9.84 Å². The summed E-state index contributed by atoms with van der Waals surface area (Å²) in [5.74, 6) is 0.899. The second kappa shape index (κ2) is 8.92. The van der Waals surface area contributed by atoms with E-state index in [2.05, 4.69) is 19.2 Å². The number of nitrogens with one attached hydrogen (secondary N) is 1. The molecule has 2 unspecified atom stereocenters. The number of sulfone groups is 1. The van der Waals surface area contributed by atoms with Crippen molar-refractivity contribution in [2.45, 2.75) is 59.4 Å². The van der Waals surface area contributed by atoms with Crippen LogP contribution in [0.5, 0.6) is 0 Å². The summed E-state index contributed by atoms with van der Waals surface area (Å²) in [5, 5.41) is 3.34. The minimum Gasteiger partial charge on any atom is -0.313 e. The molecular formula is C13H29NO2S. The summed E-state index contributed by atoms with van der Waals surface area (Å²) in [4.78, 5) is 0.